The van der Waals surface area contributed by atoms with Gasteiger partial charge in [-0.3, -0.25) is 4.90 Å². The molecule has 3 nitrogen and oxygen atoms in total. The normalized spacial score (nSPS) is 36.3. The molecule has 2 unspecified atom stereocenters. The van der Waals surface area contributed by atoms with Crippen LogP contribution in [-0.4, -0.2) is 60.3 Å². The van der Waals surface area contributed by atoms with Gasteiger partial charge in [-0.25, -0.2) is 0 Å². The van der Waals surface area contributed by atoms with Crippen molar-refractivity contribution in [1.82, 2.24) is 9.80 Å². The minimum atomic E-state index is 0.223. The van der Waals surface area contributed by atoms with Gasteiger partial charge in [-0.2, -0.15) is 0 Å². The van der Waals surface area contributed by atoms with Crippen molar-refractivity contribution in [3.05, 3.63) is 0 Å². The number of aliphatic hydroxyl groups is 1. The summed E-state index contributed by atoms with van der Waals surface area (Å²) in [5.74, 6) is 0. The summed E-state index contributed by atoms with van der Waals surface area (Å²) in [6.45, 7) is 4.01. The number of likely N-dealkylation sites (N-methyl/N-ethyl adjacent to an activating group) is 1. The smallest absolute Gasteiger partial charge is 0.0499 e. The lowest BCUT2D eigenvalue weighted by molar-refractivity contribution is 0.0376. The molecule has 19 heavy (non-hydrogen) atoms. The maximum absolute atomic E-state index is 9.89. The number of hydrogen-bond acceptors (Lipinski definition) is 3. The van der Waals surface area contributed by atoms with Crippen molar-refractivity contribution >= 4 is 0 Å². The maximum atomic E-state index is 9.89. The molecular weight excluding hydrogens is 236 g/mol. The predicted molar refractivity (Wildman–Crippen MR) is 78.2 cm³/mol. The molecule has 1 aliphatic carbocycles. The van der Waals surface area contributed by atoms with Crippen LogP contribution in [0.4, 0.5) is 0 Å². The Labute approximate surface area is 118 Å². The van der Waals surface area contributed by atoms with Gasteiger partial charge >= 0.3 is 0 Å². The third-order valence-electron chi connectivity index (χ3n) is 6.04. The molecule has 0 aromatic heterocycles. The van der Waals surface area contributed by atoms with Crippen LogP contribution in [-0.2, 0) is 0 Å². The molecule has 2 saturated heterocycles. The Kier molecular flexibility index (Phi) is 4.16. The molecule has 2 aliphatic heterocycles. The molecule has 0 amide bonds. The van der Waals surface area contributed by atoms with Crippen molar-refractivity contribution in [3.63, 3.8) is 0 Å². The van der Waals surface area contributed by atoms with Gasteiger partial charge in [-0.1, -0.05) is 19.3 Å². The number of rotatable bonds is 3. The van der Waals surface area contributed by atoms with E-state index in [1.165, 1.54) is 64.5 Å². The highest BCUT2D eigenvalue weighted by molar-refractivity contribution is 4.93. The lowest BCUT2D eigenvalue weighted by Crippen LogP contribution is -2.45. The molecule has 3 rings (SSSR count). The van der Waals surface area contributed by atoms with Crippen molar-refractivity contribution in [2.75, 3.05) is 33.3 Å². The van der Waals surface area contributed by atoms with Crippen LogP contribution in [0.25, 0.3) is 0 Å². The summed E-state index contributed by atoms with van der Waals surface area (Å²) in [6, 6.07) is 1.60. The molecule has 2 heterocycles. The van der Waals surface area contributed by atoms with Gasteiger partial charge in [-0.15, -0.1) is 0 Å². The Morgan fingerprint density at radius 1 is 1.05 bits per heavy atom. The summed E-state index contributed by atoms with van der Waals surface area (Å²) in [4.78, 5) is 5.29. The Hall–Kier alpha value is -0.120. The molecule has 3 aliphatic rings. The topological polar surface area (TPSA) is 26.7 Å². The summed E-state index contributed by atoms with van der Waals surface area (Å²) < 4.78 is 0. The van der Waals surface area contributed by atoms with Gasteiger partial charge in [0.15, 0.2) is 0 Å². The highest BCUT2D eigenvalue weighted by Gasteiger charge is 2.38. The van der Waals surface area contributed by atoms with Gasteiger partial charge in [0.05, 0.1) is 0 Å². The van der Waals surface area contributed by atoms with Crippen LogP contribution in [0.3, 0.4) is 0 Å². The van der Waals surface area contributed by atoms with Crippen LogP contribution in [0.15, 0.2) is 0 Å². The van der Waals surface area contributed by atoms with Crippen LogP contribution < -0.4 is 0 Å². The van der Waals surface area contributed by atoms with Crippen molar-refractivity contribution in [2.24, 2.45) is 5.41 Å². The third-order valence-corrected chi connectivity index (χ3v) is 6.04. The second kappa shape index (κ2) is 5.71. The SMILES string of the molecule is CN1C2CCC1CN(CC1(CO)CCCCC1)CC2. The van der Waals surface area contributed by atoms with Crippen LogP contribution in [0.5, 0.6) is 0 Å². The Balaban J connectivity index is 1.62. The summed E-state index contributed by atoms with van der Waals surface area (Å²) in [5.41, 5.74) is 0.223. The minimum Gasteiger partial charge on any atom is -0.396 e. The summed E-state index contributed by atoms with van der Waals surface area (Å²) in [6.07, 6.45) is 10.6. The first-order valence-corrected chi connectivity index (χ1v) is 8.28. The second-order valence-corrected chi connectivity index (χ2v) is 7.29. The Morgan fingerprint density at radius 3 is 2.53 bits per heavy atom. The number of aliphatic hydroxyl groups excluding tert-OH is 1. The zero-order chi connectivity index (χ0) is 13.3. The van der Waals surface area contributed by atoms with Crippen molar-refractivity contribution in [1.29, 1.82) is 0 Å². The fourth-order valence-corrected chi connectivity index (χ4v) is 4.67. The third kappa shape index (κ3) is 2.84. The largest absolute Gasteiger partial charge is 0.396 e. The molecule has 0 radical (unpaired) electrons. The first kappa shape index (κ1) is 13.8. The van der Waals surface area contributed by atoms with E-state index < -0.39 is 0 Å². The molecule has 2 bridgehead atoms. The lowest BCUT2D eigenvalue weighted by Gasteiger charge is -2.40. The quantitative estimate of drug-likeness (QED) is 0.847. The first-order valence-electron chi connectivity index (χ1n) is 8.28. The van der Waals surface area contributed by atoms with E-state index in [1.54, 1.807) is 0 Å². The molecule has 1 N–H and O–H groups in total. The average molecular weight is 266 g/mol. The fourth-order valence-electron chi connectivity index (χ4n) is 4.67. The lowest BCUT2D eigenvalue weighted by atomic mass is 9.74. The van der Waals surface area contributed by atoms with E-state index in [0.717, 1.165) is 18.6 Å². The molecule has 3 fully saturated rings. The molecular formula is C16H30N2O. The van der Waals surface area contributed by atoms with E-state index in [0.29, 0.717) is 6.61 Å². The highest BCUT2D eigenvalue weighted by atomic mass is 16.3. The van der Waals surface area contributed by atoms with Crippen molar-refractivity contribution < 1.29 is 5.11 Å². The van der Waals surface area contributed by atoms with Crippen LogP contribution in [0, 0.1) is 5.41 Å². The highest BCUT2D eigenvalue weighted by Crippen LogP contribution is 2.38. The Bertz CT molecular complexity index is 301. The van der Waals surface area contributed by atoms with Gasteiger partial charge in [0.1, 0.15) is 0 Å². The monoisotopic (exact) mass is 266 g/mol. The van der Waals surface area contributed by atoms with Gasteiger partial charge in [0, 0.05) is 37.2 Å². The predicted octanol–water partition coefficient (Wildman–Crippen LogP) is 2.10. The fraction of sp³-hybridized carbons (Fsp3) is 1.00. The molecule has 0 spiro atoms. The zero-order valence-electron chi connectivity index (χ0n) is 12.5. The molecule has 0 aromatic carbocycles. The van der Waals surface area contributed by atoms with Crippen molar-refractivity contribution in [2.45, 2.75) is 63.5 Å². The Morgan fingerprint density at radius 2 is 1.79 bits per heavy atom. The second-order valence-electron chi connectivity index (χ2n) is 7.29. The average Bonchev–Trinajstić information content (AvgIpc) is 2.68. The number of nitrogens with zero attached hydrogens (tertiary/aromatic N) is 2. The van der Waals surface area contributed by atoms with Crippen LogP contribution in [0.1, 0.15) is 51.4 Å². The maximum Gasteiger partial charge on any atom is 0.0499 e. The van der Waals surface area contributed by atoms with E-state index in [4.69, 9.17) is 0 Å². The molecule has 3 heteroatoms. The van der Waals surface area contributed by atoms with E-state index in [-0.39, 0.29) is 5.41 Å². The van der Waals surface area contributed by atoms with Crippen molar-refractivity contribution in [3.8, 4) is 0 Å². The van der Waals surface area contributed by atoms with E-state index in [9.17, 15) is 5.11 Å². The standard InChI is InChI=1S/C16H30N2O/c1-17-14-5-6-15(17)11-18(10-7-14)12-16(13-19)8-3-2-4-9-16/h14-15,19H,2-13H2,1H3. The number of hydrogen-bond donors (Lipinski definition) is 1. The van der Waals surface area contributed by atoms with E-state index >= 15 is 0 Å². The van der Waals surface area contributed by atoms with Crippen LogP contribution in [0.2, 0.25) is 0 Å². The first-order chi connectivity index (χ1) is 9.22. The summed E-state index contributed by atoms with van der Waals surface area (Å²) in [7, 11) is 2.31. The number of likely N-dealkylation sites (tertiary alicyclic amines) is 1. The summed E-state index contributed by atoms with van der Waals surface area (Å²) >= 11 is 0. The molecule has 2 atom stereocenters. The zero-order valence-corrected chi connectivity index (χ0v) is 12.5. The van der Waals surface area contributed by atoms with Gasteiger partial charge in [0.2, 0.25) is 0 Å². The van der Waals surface area contributed by atoms with Gasteiger partial charge in [0.25, 0.3) is 0 Å². The van der Waals surface area contributed by atoms with E-state index in [2.05, 4.69) is 16.8 Å². The van der Waals surface area contributed by atoms with Crippen LogP contribution >= 0.6 is 0 Å². The minimum absolute atomic E-state index is 0.223. The molecule has 1 saturated carbocycles. The number of fused-ring (bicyclic) bond motifs is 2. The van der Waals surface area contributed by atoms with Gasteiger partial charge in [-0.05, 0) is 45.7 Å². The van der Waals surface area contributed by atoms with E-state index in [1.807, 2.05) is 0 Å². The summed E-state index contributed by atoms with van der Waals surface area (Å²) in [5, 5.41) is 9.89. The molecule has 110 valence electrons. The molecule has 0 aromatic rings. The van der Waals surface area contributed by atoms with Gasteiger partial charge < -0.3 is 10.0 Å².